The number of hydrogen-bond acceptors (Lipinski definition) is 2. The van der Waals surface area contributed by atoms with E-state index in [1.807, 2.05) is 0 Å². The van der Waals surface area contributed by atoms with Gasteiger partial charge in [-0.2, -0.15) is 0 Å². The standard InChI is InChI=1S/C14H28N2O/c1-13(2,3)11-16-12(17)14(10-15)8-6-4-5-7-9-14/h4-11,15H2,1-3H3,(H,16,17). The summed E-state index contributed by atoms with van der Waals surface area (Å²) in [5, 5.41) is 3.09. The molecule has 1 aliphatic rings. The first-order valence-corrected chi connectivity index (χ1v) is 6.88. The molecule has 0 radical (unpaired) electrons. The largest absolute Gasteiger partial charge is 0.355 e. The second-order valence-corrected chi connectivity index (χ2v) is 6.64. The van der Waals surface area contributed by atoms with Gasteiger partial charge in [0.1, 0.15) is 0 Å². The molecule has 1 aliphatic carbocycles. The van der Waals surface area contributed by atoms with E-state index < -0.39 is 0 Å². The SMILES string of the molecule is CC(C)(C)CNC(=O)C1(CN)CCCCCC1. The van der Waals surface area contributed by atoms with E-state index in [9.17, 15) is 4.79 Å². The Kier molecular flexibility index (Phi) is 4.99. The Labute approximate surface area is 106 Å². The van der Waals surface area contributed by atoms with Crippen LogP contribution in [-0.4, -0.2) is 19.0 Å². The van der Waals surface area contributed by atoms with Crippen LogP contribution in [0, 0.1) is 10.8 Å². The summed E-state index contributed by atoms with van der Waals surface area (Å²) in [5.41, 5.74) is 5.73. The maximum atomic E-state index is 12.4. The van der Waals surface area contributed by atoms with Gasteiger partial charge in [-0.25, -0.2) is 0 Å². The molecule has 0 aliphatic heterocycles. The third kappa shape index (κ3) is 4.30. The van der Waals surface area contributed by atoms with Gasteiger partial charge in [-0.05, 0) is 18.3 Å². The molecule has 0 bridgehead atoms. The van der Waals surface area contributed by atoms with Gasteiger partial charge in [-0.1, -0.05) is 46.5 Å². The average molecular weight is 240 g/mol. The van der Waals surface area contributed by atoms with Crippen molar-refractivity contribution in [3.8, 4) is 0 Å². The summed E-state index contributed by atoms with van der Waals surface area (Å²) in [5.74, 6) is 0.178. The summed E-state index contributed by atoms with van der Waals surface area (Å²) < 4.78 is 0. The molecule has 0 spiro atoms. The molecule has 3 N–H and O–H groups in total. The Morgan fingerprint density at radius 3 is 2.12 bits per heavy atom. The van der Waals surface area contributed by atoms with Crippen LogP contribution in [0.15, 0.2) is 0 Å². The number of rotatable bonds is 3. The first kappa shape index (κ1) is 14.5. The summed E-state index contributed by atoms with van der Waals surface area (Å²) >= 11 is 0. The highest BCUT2D eigenvalue weighted by Crippen LogP contribution is 2.34. The molecule has 0 saturated heterocycles. The van der Waals surface area contributed by atoms with Gasteiger partial charge in [0, 0.05) is 13.1 Å². The summed E-state index contributed by atoms with van der Waals surface area (Å²) in [7, 11) is 0. The zero-order valence-electron chi connectivity index (χ0n) is 11.6. The highest BCUT2D eigenvalue weighted by molar-refractivity contribution is 5.82. The van der Waals surface area contributed by atoms with E-state index in [-0.39, 0.29) is 16.7 Å². The molecule has 3 nitrogen and oxygen atoms in total. The van der Waals surface area contributed by atoms with Crippen LogP contribution in [0.25, 0.3) is 0 Å². The molecule has 1 rings (SSSR count). The van der Waals surface area contributed by atoms with Gasteiger partial charge in [0.2, 0.25) is 5.91 Å². The topological polar surface area (TPSA) is 55.1 Å². The van der Waals surface area contributed by atoms with Crippen LogP contribution in [0.2, 0.25) is 0 Å². The van der Waals surface area contributed by atoms with E-state index in [1.54, 1.807) is 0 Å². The number of carbonyl (C=O) groups is 1. The highest BCUT2D eigenvalue weighted by Gasteiger charge is 2.37. The molecule has 0 aromatic rings. The number of nitrogens with two attached hydrogens (primary N) is 1. The van der Waals surface area contributed by atoms with E-state index >= 15 is 0 Å². The zero-order valence-corrected chi connectivity index (χ0v) is 11.6. The molecule has 100 valence electrons. The number of hydrogen-bond donors (Lipinski definition) is 2. The van der Waals surface area contributed by atoms with Crippen LogP contribution < -0.4 is 11.1 Å². The van der Waals surface area contributed by atoms with Gasteiger partial charge in [-0.15, -0.1) is 0 Å². The van der Waals surface area contributed by atoms with Crippen LogP contribution >= 0.6 is 0 Å². The number of amides is 1. The predicted octanol–water partition coefficient (Wildman–Crippen LogP) is 2.45. The molecule has 3 heteroatoms. The Morgan fingerprint density at radius 2 is 1.71 bits per heavy atom. The highest BCUT2D eigenvalue weighted by atomic mass is 16.2. The van der Waals surface area contributed by atoms with Crippen LogP contribution in [-0.2, 0) is 4.79 Å². The second kappa shape index (κ2) is 5.85. The maximum absolute atomic E-state index is 12.4. The molecular formula is C14H28N2O. The minimum absolute atomic E-state index is 0.135. The van der Waals surface area contributed by atoms with Crippen molar-refractivity contribution in [2.45, 2.75) is 59.3 Å². The van der Waals surface area contributed by atoms with Crippen molar-refractivity contribution in [3.63, 3.8) is 0 Å². The van der Waals surface area contributed by atoms with Crippen molar-refractivity contribution >= 4 is 5.91 Å². The van der Waals surface area contributed by atoms with E-state index in [0.717, 1.165) is 32.2 Å². The minimum Gasteiger partial charge on any atom is -0.355 e. The average Bonchev–Trinajstić information content (AvgIpc) is 2.51. The number of carbonyl (C=O) groups excluding carboxylic acids is 1. The van der Waals surface area contributed by atoms with Gasteiger partial charge in [0.25, 0.3) is 0 Å². The molecule has 1 saturated carbocycles. The molecule has 1 fully saturated rings. The quantitative estimate of drug-likeness (QED) is 0.744. The van der Waals surface area contributed by atoms with Crippen LogP contribution in [0.1, 0.15) is 59.3 Å². The lowest BCUT2D eigenvalue weighted by atomic mass is 9.79. The van der Waals surface area contributed by atoms with Crippen LogP contribution in [0.4, 0.5) is 0 Å². The fourth-order valence-electron chi connectivity index (χ4n) is 2.46. The summed E-state index contributed by atoms with van der Waals surface area (Å²) in [6, 6.07) is 0. The van der Waals surface area contributed by atoms with E-state index in [1.165, 1.54) is 12.8 Å². The minimum atomic E-state index is -0.290. The van der Waals surface area contributed by atoms with Crippen molar-refractivity contribution in [1.29, 1.82) is 0 Å². The summed E-state index contributed by atoms with van der Waals surface area (Å²) in [4.78, 5) is 12.4. The molecule has 0 aromatic heterocycles. The Morgan fingerprint density at radius 1 is 1.18 bits per heavy atom. The molecule has 17 heavy (non-hydrogen) atoms. The molecule has 0 heterocycles. The van der Waals surface area contributed by atoms with E-state index in [0.29, 0.717) is 6.54 Å². The molecule has 1 amide bonds. The fourth-order valence-corrected chi connectivity index (χ4v) is 2.46. The van der Waals surface area contributed by atoms with E-state index in [2.05, 4.69) is 26.1 Å². The normalized spacial score (nSPS) is 20.7. The van der Waals surface area contributed by atoms with Gasteiger partial charge < -0.3 is 11.1 Å². The Bertz CT molecular complexity index is 247. The smallest absolute Gasteiger partial charge is 0.227 e. The lowest BCUT2D eigenvalue weighted by Gasteiger charge is -2.31. The molecular weight excluding hydrogens is 212 g/mol. The van der Waals surface area contributed by atoms with Crippen molar-refractivity contribution in [2.75, 3.05) is 13.1 Å². The van der Waals surface area contributed by atoms with E-state index in [4.69, 9.17) is 5.73 Å². The summed E-state index contributed by atoms with van der Waals surface area (Å²) in [6.45, 7) is 7.62. The van der Waals surface area contributed by atoms with Gasteiger partial charge >= 0.3 is 0 Å². The van der Waals surface area contributed by atoms with Gasteiger partial charge in [0.15, 0.2) is 0 Å². The third-order valence-corrected chi connectivity index (χ3v) is 3.71. The first-order chi connectivity index (χ1) is 7.90. The van der Waals surface area contributed by atoms with Crippen LogP contribution in [0.5, 0.6) is 0 Å². The third-order valence-electron chi connectivity index (χ3n) is 3.71. The lowest BCUT2D eigenvalue weighted by molar-refractivity contribution is -0.131. The number of nitrogens with one attached hydrogen (secondary N) is 1. The lowest BCUT2D eigenvalue weighted by Crippen LogP contribution is -2.47. The first-order valence-electron chi connectivity index (χ1n) is 6.88. The van der Waals surface area contributed by atoms with Crippen molar-refractivity contribution in [1.82, 2.24) is 5.32 Å². The fraction of sp³-hybridized carbons (Fsp3) is 0.929. The molecule has 0 atom stereocenters. The monoisotopic (exact) mass is 240 g/mol. The Balaban J connectivity index is 2.61. The molecule has 0 aromatic carbocycles. The van der Waals surface area contributed by atoms with Gasteiger partial charge in [0.05, 0.1) is 5.41 Å². The second-order valence-electron chi connectivity index (χ2n) is 6.64. The predicted molar refractivity (Wildman–Crippen MR) is 71.7 cm³/mol. The van der Waals surface area contributed by atoms with Crippen molar-refractivity contribution in [2.24, 2.45) is 16.6 Å². The summed E-state index contributed by atoms with van der Waals surface area (Å²) in [6.07, 6.45) is 6.68. The van der Waals surface area contributed by atoms with Crippen LogP contribution in [0.3, 0.4) is 0 Å². The van der Waals surface area contributed by atoms with Crippen molar-refractivity contribution < 1.29 is 4.79 Å². The Hall–Kier alpha value is -0.570. The van der Waals surface area contributed by atoms with Gasteiger partial charge in [-0.3, -0.25) is 4.79 Å². The van der Waals surface area contributed by atoms with Crippen molar-refractivity contribution in [3.05, 3.63) is 0 Å². The maximum Gasteiger partial charge on any atom is 0.227 e. The molecule has 0 unspecified atom stereocenters. The zero-order chi connectivity index (χ0) is 12.9.